The summed E-state index contributed by atoms with van der Waals surface area (Å²) in [6, 6.07) is 14.1. The van der Waals surface area contributed by atoms with E-state index < -0.39 is 5.97 Å². The molecule has 1 amide bonds. The van der Waals surface area contributed by atoms with Gasteiger partial charge in [0.2, 0.25) is 5.91 Å². The van der Waals surface area contributed by atoms with Gasteiger partial charge in [0, 0.05) is 21.6 Å². The highest BCUT2D eigenvalue weighted by Crippen LogP contribution is 2.24. The monoisotopic (exact) mass is 399 g/mol. The normalized spacial score (nSPS) is 11.0. The maximum Gasteiger partial charge on any atom is 0.337 e. The van der Waals surface area contributed by atoms with Gasteiger partial charge in [-0.25, -0.2) is 4.79 Å². The first-order valence-electron chi connectivity index (χ1n) is 7.42. The second-order valence-corrected chi connectivity index (χ2v) is 6.14. The number of carbonyl (C=O) groups excluding carboxylic acids is 2. The largest absolute Gasteiger partial charge is 0.465 e. The van der Waals surface area contributed by atoms with Gasteiger partial charge in [0.1, 0.15) is 11.3 Å². The van der Waals surface area contributed by atoms with E-state index in [1.165, 1.54) is 13.2 Å². The Labute approximate surface area is 152 Å². The molecular formula is C19H14BrNO4. The van der Waals surface area contributed by atoms with E-state index in [0.29, 0.717) is 17.0 Å². The maximum atomic E-state index is 12.0. The Balaban J connectivity index is 1.71. The van der Waals surface area contributed by atoms with Crippen LogP contribution in [0.3, 0.4) is 0 Å². The van der Waals surface area contributed by atoms with Crippen LogP contribution in [-0.2, 0) is 9.53 Å². The number of ether oxygens (including phenoxy) is 1. The predicted octanol–water partition coefficient (Wildman–Crippen LogP) is 4.63. The number of fused-ring (bicyclic) bond motifs is 1. The Morgan fingerprint density at radius 1 is 1.16 bits per heavy atom. The van der Waals surface area contributed by atoms with Crippen LogP contribution in [0.25, 0.3) is 17.0 Å². The standard InChI is InChI=1S/C19H14BrNO4/c1-24-19(23)12-3-2-4-15(10-12)21-18(22)8-6-16-11-13-9-14(20)5-7-17(13)25-16/h2-11H,1H3,(H,21,22). The Morgan fingerprint density at radius 2 is 2.00 bits per heavy atom. The van der Waals surface area contributed by atoms with E-state index in [0.717, 1.165) is 15.4 Å². The van der Waals surface area contributed by atoms with Gasteiger partial charge < -0.3 is 14.5 Å². The Hall–Kier alpha value is -2.86. The van der Waals surface area contributed by atoms with Crippen molar-refractivity contribution in [3.05, 3.63) is 70.4 Å². The Bertz CT molecular complexity index is 974. The van der Waals surface area contributed by atoms with Crippen LogP contribution in [0.4, 0.5) is 5.69 Å². The molecule has 0 radical (unpaired) electrons. The number of halogens is 1. The first kappa shape index (κ1) is 17.0. The molecule has 3 rings (SSSR count). The molecule has 0 spiro atoms. The predicted molar refractivity (Wildman–Crippen MR) is 99.4 cm³/mol. The summed E-state index contributed by atoms with van der Waals surface area (Å²) in [6.07, 6.45) is 2.96. The van der Waals surface area contributed by atoms with Crippen molar-refractivity contribution in [3.8, 4) is 0 Å². The molecule has 0 saturated carbocycles. The number of methoxy groups -OCH3 is 1. The molecule has 1 heterocycles. The lowest BCUT2D eigenvalue weighted by Crippen LogP contribution is -2.09. The van der Waals surface area contributed by atoms with E-state index in [1.54, 1.807) is 30.3 Å². The van der Waals surface area contributed by atoms with Gasteiger partial charge in [-0.1, -0.05) is 22.0 Å². The molecule has 3 aromatic rings. The highest BCUT2D eigenvalue weighted by Gasteiger charge is 2.07. The van der Waals surface area contributed by atoms with Crippen molar-refractivity contribution >= 4 is 50.5 Å². The zero-order valence-electron chi connectivity index (χ0n) is 13.3. The minimum atomic E-state index is -0.458. The van der Waals surface area contributed by atoms with Crippen LogP contribution in [0, 0.1) is 0 Å². The van der Waals surface area contributed by atoms with Crippen molar-refractivity contribution in [1.29, 1.82) is 0 Å². The minimum absolute atomic E-state index is 0.330. The van der Waals surface area contributed by atoms with Crippen molar-refractivity contribution in [1.82, 2.24) is 0 Å². The fourth-order valence-electron chi connectivity index (χ4n) is 2.30. The molecule has 0 unspecified atom stereocenters. The number of anilines is 1. The van der Waals surface area contributed by atoms with Gasteiger partial charge in [0.05, 0.1) is 12.7 Å². The molecule has 5 nitrogen and oxygen atoms in total. The topological polar surface area (TPSA) is 68.5 Å². The van der Waals surface area contributed by atoms with Crippen LogP contribution in [0.1, 0.15) is 16.1 Å². The summed E-state index contributed by atoms with van der Waals surface area (Å²) in [6.45, 7) is 0. The summed E-state index contributed by atoms with van der Waals surface area (Å²) in [4.78, 5) is 23.5. The third-order valence-electron chi connectivity index (χ3n) is 3.45. The molecular weight excluding hydrogens is 386 g/mol. The fourth-order valence-corrected chi connectivity index (χ4v) is 2.68. The Morgan fingerprint density at radius 3 is 2.80 bits per heavy atom. The molecule has 6 heteroatoms. The number of hydrogen-bond acceptors (Lipinski definition) is 4. The molecule has 1 N–H and O–H groups in total. The highest BCUT2D eigenvalue weighted by molar-refractivity contribution is 9.10. The van der Waals surface area contributed by atoms with E-state index in [-0.39, 0.29) is 5.91 Å². The number of amides is 1. The molecule has 2 aromatic carbocycles. The molecule has 0 aliphatic heterocycles. The van der Waals surface area contributed by atoms with E-state index >= 15 is 0 Å². The van der Waals surface area contributed by atoms with Gasteiger partial charge in [-0.3, -0.25) is 4.79 Å². The summed E-state index contributed by atoms with van der Waals surface area (Å²) >= 11 is 3.41. The van der Waals surface area contributed by atoms with Gasteiger partial charge in [0.25, 0.3) is 0 Å². The molecule has 0 aliphatic rings. The van der Waals surface area contributed by atoms with Crippen LogP contribution < -0.4 is 5.32 Å². The fraction of sp³-hybridized carbons (Fsp3) is 0.0526. The lowest BCUT2D eigenvalue weighted by atomic mass is 10.2. The first-order chi connectivity index (χ1) is 12.0. The van der Waals surface area contributed by atoms with Crippen LogP contribution in [0.2, 0.25) is 0 Å². The lowest BCUT2D eigenvalue weighted by molar-refractivity contribution is -0.111. The number of nitrogens with one attached hydrogen (secondary N) is 1. The van der Waals surface area contributed by atoms with Gasteiger partial charge >= 0.3 is 5.97 Å². The van der Waals surface area contributed by atoms with Crippen molar-refractivity contribution in [2.24, 2.45) is 0 Å². The minimum Gasteiger partial charge on any atom is -0.465 e. The molecule has 0 saturated heterocycles. The molecule has 0 atom stereocenters. The number of carbonyl (C=O) groups is 2. The van der Waals surface area contributed by atoms with Crippen LogP contribution in [0.15, 0.2) is 63.5 Å². The zero-order chi connectivity index (χ0) is 17.8. The smallest absolute Gasteiger partial charge is 0.337 e. The third-order valence-corrected chi connectivity index (χ3v) is 3.94. The van der Waals surface area contributed by atoms with Crippen LogP contribution in [0.5, 0.6) is 0 Å². The average Bonchev–Trinajstić information content (AvgIpc) is 3.01. The summed E-state index contributed by atoms with van der Waals surface area (Å²) in [7, 11) is 1.31. The molecule has 0 fully saturated rings. The van der Waals surface area contributed by atoms with Crippen molar-refractivity contribution in [3.63, 3.8) is 0 Å². The number of esters is 1. The average molecular weight is 400 g/mol. The van der Waals surface area contributed by atoms with E-state index in [1.807, 2.05) is 24.3 Å². The molecule has 0 bridgehead atoms. The molecule has 0 aliphatic carbocycles. The lowest BCUT2D eigenvalue weighted by Gasteiger charge is -2.04. The summed E-state index contributed by atoms with van der Waals surface area (Å²) in [5, 5.41) is 3.64. The van der Waals surface area contributed by atoms with Gasteiger partial charge in [-0.05, 0) is 48.5 Å². The maximum absolute atomic E-state index is 12.0. The summed E-state index contributed by atoms with van der Waals surface area (Å²) in [5.74, 6) is -0.213. The highest BCUT2D eigenvalue weighted by atomic mass is 79.9. The van der Waals surface area contributed by atoms with Crippen LogP contribution >= 0.6 is 15.9 Å². The third kappa shape index (κ3) is 4.16. The molecule has 126 valence electrons. The van der Waals surface area contributed by atoms with Gasteiger partial charge in [-0.15, -0.1) is 0 Å². The van der Waals surface area contributed by atoms with Gasteiger partial charge in [0.15, 0.2) is 0 Å². The van der Waals surface area contributed by atoms with E-state index in [2.05, 4.69) is 26.0 Å². The number of hydrogen-bond donors (Lipinski definition) is 1. The molecule has 1 aromatic heterocycles. The van der Waals surface area contributed by atoms with E-state index in [4.69, 9.17) is 4.42 Å². The number of benzene rings is 2. The van der Waals surface area contributed by atoms with Crippen molar-refractivity contribution in [2.45, 2.75) is 0 Å². The quantitative estimate of drug-likeness (QED) is 0.512. The Kier molecular flexibility index (Phi) is 5.00. The van der Waals surface area contributed by atoms with E-state index in [9.17, 15) is 9.59 Å². The molecule has 25 heavy (non-hydrogen) atoms. The first-order valence-corrected chi connectivity index (χ1v) is 8.21. The second kappa shape index (κ2) is 7.36. The number of furan rings is 1. The second-order valence-electron chi connectivity index (χ2n) is 5.23. The van der Waals surface area contributed by atoms with Crippen molar-refractivity contribution < 1.29 is 18.7 Å². The summed E-state index contributed by atoms with van der Waals surface area (Å²) in [5.41, 5.74) is 1.62. The SMILES string of the molecule is COC(=O)c1cccc(NC(=O)C=Cc2cc3cc(Br)ccc3o2)c1. The van der Waals surface area contributed by atoms with Gasteiger partial charge in [-0.2, -0.15) is 0 Å². The van der Waals surface area contributed by atoms with Crippen molar-refractivity contribution in [2.75, 3.05) is 12.4 Å². The van der Waals surface area contributed by atoms with Crippen LogP contribution in [-0.4, -0.2) is 19.0 Å². The number of rotatable bonds is 4. The zero-order valence-corrected chi connectivity index (χ0v) is 14.9. The summed E-state index contributed by atoms with van der Waals surface area (Å²) < 4.78 is 11.3.